The lowest BCUT2D eigenvalue weighted by molar-refractivity contribution is -0.140. The maximum absolute atomic E-state index is 15.3. The van der Waals surface area contributed by atoms with Crippen molar-refractivity contribution in [2.75, 3.05) is 66.9 Å². The summed E-state index contributed by atoms with van der Waals surface area (Å²) in [6.45, 7) is 5.59. The fourth-order valence-corrected chi connectivity index (χ4v) is 8.01. The topological polar surface area (TPSA) is 152 Å². The predicted octanol–water partition coefficient (Wildman–Crippen LogP) is 4.19. The number of anilines is 5. The number of imide groups is 1. The quantitative estimate of drug-likeness (QED) is 0.269. The molecule has 3 saturated heterocycles. The van der Waals surface area contributed by atoms with Crippen molar-refractivity contribution in [1.29, 1.82) is 0 Å². The molecular formula is C39H46F3N9O5. The molecule has 17 heteroatoms. The van der Waals surface area contributed by atoms with Gasteiger partial charge in [0.15, 0.2) is 5.82 Å². The molecule has 56 heavy (non-hydrogen) atoms. The number of amides is 4. The van der Waals surface area contributed by atoms with Crippen LogP contribution in [0.4, 0.5) is 42.0 Å². The number of nitrogens with zero attached hydrogens (tertiary/aromatic N) is 6. The van der Waals surface area contributed by atoms with Crippen molar-refractivity contribution in [2.24, 2.45) is 0 Å². The number of fused-ring (bicyclic) bond motifs is 1. The zero-order valence-electron chi connectivity index (χ0n) is 31.8. The summed E-state index contributed by atoms with van der Waals surface area (Å²) < 4.78 is 50.4. The average molecular weight is 778 g/mol. The summed E-state index contributed by atoms with van der Waals surface area (Å²) in [4.78, 5) is 65.1. The van der Waals surface area contributed by atoms with Gasteiger partial charge in [-0.15, -0.1) is 0 Å². The lowest BCUT2D eigenvalue weighted by Crippen LogP contribution is -2.48. The number of likely N-dealkylation sites (tertiary alicyclic amines) is 1. The predicted molar refractivity (Wildman–Crippen MR) is 203 cm³/mol. The van der Waals surface area contributed by atoms with E-state index in [1.807, 2.05) is 4.90 Å². The van der Waals surface area contributed by atoms with Crippen molar-refractivity contribution < 1.29 is 37.1 Å². The lowest BCUT2D eigenvalue weighted by Gasteiger charge is -2.36. The van der Waals surface area contributed by atoms with Crippen molar-refractivity contribution in [3.05, 3.63) is 59.5 Å². The van der Waals surface area contributed by atoms with Crippen LogP contribution in [0.25, 0.3) is 0 Å². The number of carbonyl (C=O) groups excluding carboxylic acids is 4. The SMILES string of the molecule is COc1cc(C(=O)NC2CCN(C3CCN(c4ccc(C5CCC(=O)NC5=O)cc4F)C3)CC2)ccc1Nc1ncc2c(n1)N(C(C)C)CC(F)(F)C(=O)N2C. The molecule has 0 bridgehead atoms. The zero-order chi connectivity index (χ0) is 39.9. The molecule has 3 fully saturated rings. The first kappa shape index (κ1) is 38.8. The number of halogens is 3. The first-order chi connectivity index (χ1) is 26.7. The molecule has 0 saturated carbocycles. The standard InChI is InChI=1S/C39H46F3N9O5/c1-22(2)51-21-39(41,42)37(55)48(3)31-19-43-38(47-34(31)51)45-29-8-5-24(18-32(29)56-4)35(53)44-25-11-14-49(15-12-25)26-13-16-50(20-26)30-9-6-23(17-28(30)40)27-7-10-33(52)46-36(27)54/h5-6,8-9,17-19,22,25-27H,7,10-16,20-21H2,1-4H3,(H,44,53)(H,43,45,47)(H,46,52,54). The Balaban J connectivity index is 0.935. The monoisotopic (exact) mass is 777 g/mol. The summed E-state index contributed by atoms with van der Waals surface area (Å²) in [5, 5.41) is 8.54. The van der Waals surface area contributed by atoms with Crippen LogP contribution in [-0.2, 0) is 14.4 Å². The Kier molecular flexibility index (Phi) is 10.8. The highest BCUT2D eigenvalue weighted by Gasteiger charge is 2.48. The molecule has 3 aromatic rings. The van der Waals surface area contributed by atoms with Crippen LogP contribution in [0.15, 0.2) is 42.6 Å². The molecule has 5 heterocycles. The normalized spacial score (nSPS) is 21.9. The van der Waals surface area contributed by atoms with Crippen LogP contribution in [0.3, 0.4) is 0 Å². The molecule has 7 rings (SSSR count). The number of ether oxygens (including phenoxy) is 1. The Morgan fingerprint density at radius 2 is 1.79 bits per heavy atom. The second-order valence-electron chi connectivity index (χ2n) is 15.1. The molecule has 4 aliphatic heterocycles. The minimum Gasteiger partial charge on any atom is -0.495 e. The fourth-order valence-electron chi connectivity index (χ4n) is 8.01. The van der Waals surface area contributed by atoms with E-state index in [0.29, 0.717) is 47.8 Å². The number of benzene rings is 2. The summed E-state index contributed by atoms with van der Waals surface area (Å²) in [6, 6.07) is 9.66. The van der Waals surface area contributed by atoms with Gasteiger partial charge in [-0.05, 0) is 75.4 Å². The molecule has 4 amide bonds. The Labute approximate surface area is 322 Å². The van der Waals surface area contributed by atoms with Gasteiger partial charge in [-0.25, -0.2) is 9.37 Å². The van der Waals surface area contributed by atoms with E-state index in [-0.39, 0.29) is 65.5 Å². The maximum Gasteiger partial charge on any atom is 0.342 e. The Bertz CT molecular complexity index is 2030. The van der Waals surface area contributed by atoms with E-state index in [4.69, 9.17) is 4.74 Å². The van der Waals surface area contributed by atoms with E-state index in [0.717, 1.165) is 37.3 Å². The van der Waals surface area contributed by atoms with E-state index in [2.05, 4.69) is 30.8 Å². The van der Waals surface area contributed by atoms with Gasteiger partial charge in [-0.2, -0.15) is 13.8 Å². The first-order valence-corrected chi connectivity index (χ1v) is 18.9. The van der Waals surface area contributed by atoms with Crippen LogP contribution in [0, 0.1) is 5.82 Å². The average Bonchev–Trinajstić information content (AvgIpc) is 3.64. The zero-order valence-corrected chi connectivity index (χ0v) is 31.8. The Morgan fingerprint density at radius 3 is 2.48 bits per heavy atom. The highest BCUT2D eigenvalue weighted by molar-refractivity contribution is 6.02. The van der Waals surface area contributed by atoms with Crippen molar-refractivity contribution in [3.8, 4) is 5.75 Å². The van der Waals surface area contributed by atoms with E-state index >= 15 is 4.39 Å². The summed E-state index contributed by atoms with van der Waals surface area (Å²) in [5.74, 6) is -6.17. The second-order valence-corrected chi connectivity index (χ2v) is 15.1. The van der Waals surface area contributed by atoms with Crippen LogP contribution in [0.2, 0.25) is 0 Å². The number of piperidine rings is 2. The van der Waals surface area contributed by atoms with Crippen LogP contribution in [0.5, 0.6) is 5.75 Å². The van der Waals surface area contributed by atoms with Crippen molar-refractivity contribution >= 4 is 52.5 Å². The molecule has 2 aromatic carbocycles. The van der Waals surface area contributed by atoms with Gasteiger partial charge >= 0.3 is 5.92 Å². The number of carbonyl (C=O) groups is 4. The summed E-state index contributed by atoms with van der Waals surface area (Å²) in [6.07, 6.45) is 4.32. The number of aromatic nitrogens is 2. The van der Waals surface area contributed by atoms with Gasteiger partial charge in [0.25, 0.3) is 11.8 Å². The second kappa shape index (κ2) is 15.6. The van der Waals surface area contributed by atoms with E-state index in [1.54, 1.807) is 44.2 Å². The van der Waals surface area contributed by atoms with Gasteiger partial charge < -0.3 is 30.1 Å². The first-order valence-electron chi connectivity index (χ1n) is 18.9. The summed E-state index contributed by atoms with van der Waals surface area (Å²) in [7, 11) is 2.74. The number of hydrogen-bond donors (Lipinski definition) is 3. The number of hydrogen-bond acceptors (Lipinski definition) is 11. The lowest BCUT2D eigenvalue weighted by atomic mass is 9.90. The maximum atomic E-state index is 15.3. The van der Waals surface area contributed by atoms with Gasteiger partial charge in [0.1, 0.15) is 17.3 Å². The highest BCUT2D eigenvalue weighted by Crippen LogP contribution is 2.38. The molecule has 3 N–H and O–H groups in total. The van der Waals surface area contributed by atoms with Crippen molar-refractivity contribution in [3.63, 3.8) is 0 Å². The molecule has 0 aliphatic carbocycles. The molecule has 0 spiro atoms. The van der Waals surface area contributed by atoms with Crippen LogP contribution < -0.4 is 35.4 Å². The summed E-state index contributed by atoms with van der Waals surface area (Å²) >= 11 is 0. The van der Waals surface area contributed by atoms with Crippen molar-refractivity contribution in [1.82, 2.24) is 25.5 Å². The van der Waals surface area contributed by atoms with Crippen LogP contribution in [-0.4, -0.2) is 109 Å². The van der Waals surface area contributed by atoms with E-state index in [9.17, 15) is 28.0 Å². The van der Waals surface area contributed by atoms with Crippen LogP contribution in [0.1, 0.15) is 67.8 Å². The molecule has 2 atom stereocenters. The van der Waals surface area contributed by atoms with Gasteiger partial charge in [0, 0.05) is 63.3 Å². The number of alkyl halides is 2. The van der Waals surface area contributed by atoms with Gasteiger partial charge in [0.05, 0.1) is 37.1 Å². The third kappa shape index (κ3) is 7.81. The Hall–Kier alpha value is -5.45. The molecule has 0 radical (unpaired) electrons. The van der Waals surface area contributed by atoms with Gasteiger partial charge in [0.2, 0.25) is 17.8 Å². The van der Waals surface area contributed by atoms with E-state index in [1.165, 1.54) is 31.3 Å². The fraction of sp³-hybridized carbons (Fsp3) is 0.487. The minimum atomic E-state index is -3.61. The molecule has 14 nitrogen and oxygen atoms in total. The molecule has 2 unspecified atom stereocenters. The van der Waals surface area contributed by atoms with Gasteiger partial charge in [-0.1, -0.05) is 6.07 Å². The molecule has 298 valence electrons. The van der Waals surface area contributed by atoms with Gasteiger partial charge in [-0.3, -0.25) is 29.4 Å². The number of rotatable bonds is 9. The van der Waals surface area contributed by atoms with Crippen molar-refractivity contribution in [2.45, 2.75) is 75.9 Å². The smallest absolute Gasteiger partial charge is 0.342 e. The highest BCUT2D eigenvalue weighted by atomic mass is 19.3. The molecular weight excluding hydrogens is 731 g/mol. The largest absolute Gasteiger partial charge is 0.495 e. The van der Waals surface area contributed by atoms with Crippen LogP contribution >= 0.6 is 0 Å². The third-order valence-corrected chi connectivity index (χ3v) is 11.2. The summed E-state index contributed by atoms with van der Waals surface area (Å²) in [5.41, 5.74) is 2.08. The molecule has 1 aromatic heterocycles. The molecule has 4 aliphatic rings. The third-order valence-electron chi connectivity index (χ3n) is 11.2. The Morgan fingerprint density at radius 1 is 1.02 bits per heavy atom. The minimum absolute atomic E-state index is 0.0356. The number of nitrogens with one attached hydrogen (secondary N) is 3. The van der Waals surface area contributed by atoms with E-state index < -0.39 is 24.3 Å². The number of methoxy groups -OCH3 is 1.